The largest absolute Gasteiger partial charge is 0.348 e. The third kappa shape index (κ3) is 3.32. The minimum absolute atomic E-state index is 0.0854. The number of hydrogen-bond acceptors (Lipinski definition) is 2. The van der Waals surface area contributed by atoms with E-state index in [0.717, 1.165) is 28.4 Å². The van der Waals surface area contributed by atoms with Crippen LogP contribution in [0.3, 0.4) is 0 Å². The van der Waals surface area contributed by atoms with Crippen LogP contribution in [0.15, 0.2) is 71.6 Å². The van der Waals surface area contributed by atoms with Crippen LogP contribution in [0.5, 0.6) is 0 Å². The van der Waals surface area contributed by atoms with Gasteiger partial charge in [-0.25, -0.2) is 0 Å². The third-order valence-corrected chi connectivity index (χ3v) is 5.28. The monoisotopic (exact) mass is 412 g/mol. The summed E-state index contributed by atoms with van der Waals surface area (Å²) in [7, 11) is 0. The number of thiocarbonyl (C=S) groups is 1. The Morgan fingerprint density at radius 1 is 1.08 bits per heavy atom. The topological polar surface area (TPSA) is 33.1 Å². The molecule has 3 heterocycles. The van der Waals surface area contributed by atoms with Gasteiger partial charge in [0.2, 0.25) is 0 Å². The summed E-state index contributed by atoms with van der Waals surface area (Å²) in [6.07, 6.45) is 5.80. The van der Waals surface area contributed by atoms with Gasteiger partial charge in [-0.15, -0.1) is 0 Å². The molecule has 1 atom stereocenters. The normalized spacial score (nSPS) is 16.4. The number of fused-ring (bicyclic) bond motifs is 1. The van der Waals surface area contributed by atoms with Crippen LogP contribution >= 0.6 is 28.1 Å². The Hall–Kier alpha value is -2.18. The third-order valence-electron chi connectivity index (χ3n) is 4.42. The lowest BCUT2D eigenvalue weighted by molar-refractivity contribution is 0.293. The van der Waals surface area contributed by atoms with E-state index in [1.807, 2.05) is 36.7 Å². The number of aromatic nitrogens is 2. The van der Waals surface area contributed by atoms with Gasteiger partial charge < -0.3 is 14.8 Å². The van der Waals surface area contributed by atoms with Crippen molar-refractivity contribution < 1.29 is 0 Å². The quantitative estimate of drug-likeness (QED) is 0.630. The van der Waals surface area contributed by atoms with E-state index in [0.29, 0.717) is 0 Å². The van der Waals surface area contributed by atoms with Crippen molar-refractivity contribution in [3.8, 4) is 0 Å². The zero-order valence-electron chi connectivity index (χ0n) is 13.5. The number of pyridine rings is 1. The molecule has 4 rings (SSSR count). The van der Waals surface area contributed by atoms with Crippen molar-refractivity contribution in [3.63, 3.8) is 0 Å². The van der Waals surface area contributed by atoms with E-state index in [1.54, 1.807) is 0 Å². The van der Waals surface area contributed by atoms with E-state index < -0.39 is 0 Å². The summed E-state index contributed by atoms with van der Waals surface area (Å²) in [6.45, 7) is 1.78. The second-order valence-electron chi connectivity index (χ2n) is 5.94. The fraction of sp³-hybridized carbons (Fsp3) is 0.158. The van der Waals surface area contributed by atoms with Gasteiger partial charge in [-0.05, 0) is 66.3 Å². The van der Waals surface area contributed by atoms with Crippen molar-refractivity contribution >= 4 is 38.9 Å². The van der Waals surface area contributed by atoms with Crippen LogP contribution < -0.4 is 5.32 Å². The first-order valence-corrected chi connectivity index (χ1v) is 9.30. The second-order valence-corrected chi connectivity index (χ2v) is 7.24. The van der Waals surface area contributed by atoms with E-state index in [9.17, 15) is 0 Å². The van der Waals surface area contributed by atoms with Crippen LogP contribution in [0.25, 0.3) is 0 Å². The molecule has 2 aromatic heterocycles. The van der Waals surface area contributed by atoms with Gasteiger partial charge in [-0.1, -0.05) is 15.9 Å². The highest BCUT2D eigenvalue weighted by atomic mass is 79.9. The molecule has 3 aromatic rings. The summed E-state index contributed by atoms with van der Waals surface area (Å²) in [6, 6.07) is 16.5. The van der Waals surface area contributed by atoms with Gasteiger partial charge in [0.05, 0.1) is 6.04 Å². The average Bonchev–Trinajstić information content (AvgIpc) is 3.12. The molecule has 1 aliphatic rings. The molecule has 25 heavy (non-hydrogen) atoms. The lowest BCUT2D eigenvalue weighted by Gasteiger charge is -2.39. The Morgan fingerprint density at radius 2 is 1.84 bits per heavy atom. The predicted molar refractivity (Wildman–Crippen MR) is 108 cm³/mol. The molecule has 4 nitrogen and oxygen atoms in total. The molecular formula is C19H17BrN4S. The Balaban J connectivity index is 1.65. The Morgan fingerprint density at radius 3 is 2.60 bits per heavy atom. The predicted octanol–water partition coefficient (Wildman–Crippen LogP) is 4.45. The van der Waals surface area contributed by atoms with Gasteiger partial charge in [0, 0.05) is 47.5 Å². The first-order valence-electron chi connectivity index (χ1n) is 8.10. The Kier molecular flexibility index (Phi) is 4.55. The van der Waals surface area contributed by atoms with Crippen LogP contribution in [-0.4, -0.2) is 26.1 Å². The van der Waals surface area contributed by atoms with E-state index in [-0.39, 0.29) is 6.04 Å². The van der Waals surface area contributed by atoms with E-state index in [1.165, 1.54) is 11.3 Å². The average molecular weight is 413 g/mol. The lowest BCUT2D eigenvalue weighted by atomic mass is 10.0. The van der Waals surface area contributed by atoms with Crippen LogP contribution in [0, 0.1) is 0 Å². The SMILES string of the molecule is S=C(Nc1ccc(Br)cc1)N1CCn2cccc2[C@H]1c1ccncc1. The zero-order valence-corrected chi connectivity index (χ0v) is 15.9. The summed E-state index contributed by atoms with van der Waals surface area (Å²) >= 11 is 9.21. The first kappa shape index (κ1) is 16.3. The molecule has 0 aliphatic carbocycles. The minimum atomic E-state index is 0.0854. The van der Waals surface area contributed by atoms with Gasteiger partial charge in [0.15, 0.2) is 5.11 Å². The molecule has 0 bridgehead atoms. The van der Waals surface area contributed by atoms with E-state index in [2.05, 4.69) is 66.2 Å². The number of nitrogens with zero attached hydrogens (tertiary/aromatic N) is 3. The highest BCUT2D eigenvalue weighted by Gasteiger charge is 2.30. The fourth-order valence-corrected chi connectivity index (χ4v) is 3.81. The maximum absolute atomic E-state index is 5.75. The molecule has 1 N–H and O–H groups in total. The van der Waals surface area contributed by atoms with Gasteiger partial charge in [0.1, 0.15) is 0 Å². The molecule has 6 heteroatoms. The van der Waals surface area contributed by atoms with Crippen molar-refractivity contribution in [1.29, 1.82) is 0 Å². The first-order chi connectivity index (χ1) is 12.2. The van der Waals surface area contributed by atoms with Crippen molar-refractivity contribution in [3.05, 3.63) is 82.9 Å². The van der Waals surface area contributed by atoms with Crippen LogP contribution in [0.4, 0.5) is 5.69 Å². The van der Waals surface area contributed by atoms with E-state index >= 15 is 0 Å². The molecule has 1 aliphatic heterocycles. The summed E-state index contributed by atoms with van der Waals surface area (Å²) in [5, 5.41) is 4.11. The fourth-order valence-electron chi connectivity index (χ4n) is 3.23. The van der Waals surface area contributed by atoms with E-state index in [4.69, 9.17) is 12.2 Å². The number of halogens is 1. The molecular weight excluding hydrogens is 396 g/mol. The number of nitrogens with one attached hydrogen (secondary N) is 1. The zero-order chi connectivity index (χ0) is 17.2. The van der Waals surface area contributed by atoms with Crippen molar-refractivity contribution in [2.24, 2.45) is 0 Å². The van der Waals surface area contributed by atoms with Gasteiger partial charge in [-0.3, -0.25) is 4.98 Å². The highest BCUT2D eigenvalue weighted by Crippen LogP contribution is 2.32. The smallest absolute Gasteiger partial charge is 0.174 e. The molecule has 0 amide bonds. The standard InChI is InChI=1S/C19H17BrN4S/c20-15-3-5-16(6-4-15)22-19(25)24-13-12-23-11-1-2-17(23)18(24)14-7-9-21-10-8-14/h1-11,18H,12-13H2,(H,22,25)/t18-/m1/s1. The number of hydrogen-bond donors (Lipinski definition) is 1. The lowest BCUT2D eigenvalue weighted by Crippen LogP contribution is -2.44. The van der Waals surface area contributed by atoms with Crippen molar-refractivity contribution in [2.45, 2.75) is 12.6 Å². The summed E-state index contributed by atoms with van der Waals surface area (Å²) < 4.78 is 3.35. The van der Waals surface area contributed by atoms with Crippen LogP contribution in [0.2, 0.25) is 0 Å². The molecule has 0 unspecified atom stereocenters. The second kappa shape index (κ2) is 6.98. The molecule has 0 fully saturated rings. The molecule has 0 spiro atoms. The van der Waals surface area contributed by atoms with Crippen molar-refractivity contribution in [2.75, 3.05) is 11.9 Å². The van der Waals surface area contributed by atoms with Gasteiger partial charge in [-0.2, -0.15) is 0 Å². The molecule has 126 valence electrons. The Labute approximate surface area is 160 Å². The van der Waals surface area contributed by atoms with Crippen molar-refractivity contribution in [1.82, 2.24) is 14.5 Å². The molecule has 1 aromatic carbocycles. The summed E-state index contributed by atoms with van der Waals surface area (Å²) in [5.74, 6) is 0. The minimum Gasteiger partial charge on any atom is -0.348 e. The maximum atomic E-state index is 5.75. The maximum Gasteiger partial charge on any atom is 0.174 e. The number of anilines is 1. The van der Waals surface area contributed by atoms with Crippen LogP contribution in [0.1, 0.15) is 17.3 Å². The molecule has 0 radical (unpaired) electrons. The number of rotatable bonds is 2. The van der Waals surface area contributed by atoms with Crippen LogP contribution in [-0.2, 0) is 6.54 Å². The highest BCUT2D eigenvalue weighted by molar-refractivity contribution is 9.10. The van der Waals surface area contributed by atoms with Gasteiger partial charge >= 0.3 is 0 Å². The Bertz CT molecular complexity index is 876. The van der Waals surface area contributed by atoms with Gasteiger partial charge in [0.25, 0.3) is 0 Å². The summed E-state index contributed by atoms with van der Waals surface area (Å²) in [4.78, 5) is 6.40. The summed E-state index contributed by atoms with van der Waals surface area (Å²) in [5.41, 5.74) is 3.43. The molecule has 0 saturated heterocycles. The molecule has 0 saturated carbocycles. The number of benzene rings is 1.